The van der Waals surface area contributed by atoms with Gasteiger partial charge in [0.2, 0.25) is 5.91 Å². The lowest BCUT2D eigenvalue weighted by atomic mass is 10.2. The van der Waals surface area contributed by atoms with E-state index in [1.54, 1.807) is 25.1 Å². The van der Waals surface area contributed by atoms with E-state index in [0.29, 0.717) is 28.1 Å². The molecular weight excluding hydrogens is 470 g/mol. The van der Waals surface area contributed by atoms with Gasteiger partial charge in [-0.1, -0.05) is 63.4 Å². The van der Waals surface area contributed by atoms with Crippen molar-refractivity contribution >= 4 is 35.7 Å². The Hall–Kier alpha value is -1.20. The fourth-order valence-electron chi connectivity index (χ4n) is 4.14. The summed E-state index contributed by atoms with van der Waals surface area (Å²) in [6.45, 7) is 21.4. The van der Waals surface area contributed by atoms with Gasteiger partial charge in [0, 0.05) is 11.5 Å². The molecule has 0 aliphatic rings. The van der Waals surface area contributed by atoms with Crippen molar-refractivity contribution < 1.29 is 9.63 Å². The Morgan fingerprint density at radius 1 is 1.10 bits per heavy atom. The maximum Gasteiger partial charge on any atom is 0.244 e. The highest BCUT2D eigenvalue weighted by Crippen LogP contribution is 2.40. The number of halogens is 1. The Kier molecular flexibility index (Phi) is 9.95. The first-order chi connectivity index (χ1) is 14.1. The predicted molar refractivity (Wildman–Crippen MR) is 137 cm³/mol. The number of amides is 1. The lowest BCUT2D eigenvalue weighted by molar-refractivity contribution is -0.229. The molecule has 1 amide bonds. The summed E-state index contributed by atoms with van der Waals surface area (Å²) >= 11 is 3.53. The monoisotopic (exact) mass is 509 g/mol. The van der Waals surface area contributed by atoms with Gasteiger partial charge in [-0.2, -0.15) is 5.06 Å². The Bertz CT molecular complexity index is 801. The smallest absolute Gasteiger partial charge is 0.244 e. The van der Waals surface area contributed by atoms with Crippen LogP contribution < -0.4 is 5.32 Å². The van der Waals surface area contributed by atoms with Gasteiger partial charge >= 0.3 is 0 Å². The van der Waals surface area contributed by atoms with E-state index in [-0.39, 0.29) is 11.5 Å². The van der Waals surface area contributed by atoms with Crippen LogP contribution >= 0.6 is 15.9 Å². The molecule has 0 aromatic carbocycles. The third-order valence-electron chi connectivity index (χ3n) is 5.66. The molecule has 1 aromatic heterocycles. The van der Waals surface area contributed by atoms with Crippen LogP contribution in [0, 0.1) is 11.5 Å². The van der Waals surface area contributed by atoms with E-state index in [4.69, 9.17) is 4.84 Å². The first-order valence-corrected chi connectivity index (χ1v) is 14.1. The molecule has 1 aromatic rings. The predicted octanol–water partition coefficient (Wildman–Crippen LogP) is 6.40. The number of likely N-dealkylation sites (N-methyl/N-ethyl adjacent to an activating group) is 1. The largest absolute Gasteiger partial charge is 0.309 e. The number of carbonyl (C=O) groups is 1. The summed E-state index contributed by atoms with van der Waals surface area (Å²) in [4.78, 5) is 23.1. The normalized spacial score (nSPS) is 13.5. The van der Waals surface area contributed by atoms with E-state index < -0.39 is 14.1 Å². The molecule has 0 saturated carbocycles. The summed E-state index contributed by atoms with van der Waals surface area (Å²) in [5, 5.41) is 4.47. The first-order valence-electron chi connectivity index (χ1n) is 11.0. The zero-order valence-electron chi connectivity index (χ0n) is 21.1. The third-order valence-corrected chi connectivity index (χ3v) is 12.4. The van der Waals surface area contributed by atoms with Crippen molar-refractivity contribution in [2.45, 2.75) is 97.5 Å². The minimum absolute atomic E-state index is 0.188. The third kappa shape index (κ3) is 7.71. The minimum atomic E-state index is -1.86. The van der Waals surface area contributed by atoms with Crippen molar-refractivity contribution in [1.82, 2.24) is 10.0 Å². The maximum absolute atomic E-state index is 12.7. The standard InChI is InChI=1S/C24H40BrN3O2Si/c1-16(2)31(17(3)4,18(5)6)13-12-21-14-20(25)15-22(26-21)27-23(29)19(7)28(11)30-24(8,9)10/h14-19H,1-11H3,(H,26,27,29). The van der Waals surface area contributed by atoms with Crippen molar-refractivity contribution in [3.63, 3.8) is 0 Å². The van der Waals surface area contributed by atoms with Gasteiger partial charge < -0.3 is 5.32 Å². The van der Waals surface area contributed by atoms with E-state index in [1.807, 2.05) is 26.8 Å². The Morgan fingerprint density at radius 3 is 2.06 bits per heavy atom. The first kappa shape index (κ1) is 27.8. The van der Waals surface area contributed by atoms with Crippen molar-refractivity contribution in [1.29, 1.82) is 0 Å². The number of nitrogens with one attached hydrogen (secondary N) is 1. The second-order valence-electron chi connectivity index (χ2n) is 10.1. The van der Waals surface area contributed by atoms with Gasteiger partial charge in [0.1, 0.15) is 25.6 Å². The fraction of sp³-hybridized carbons (Fsp3) is 0.667. The van der Waals surface area contributed by atoms with Crippen molar-refractivity contribution in [3.8, 4) is 11.5 Å². The van der Waals surface area contributed by atoms with E-state index in [2.05, 4.69) is 79.2 Å². The average molecular weight is 511 g/mol. The lowest BCUT2D eigenvalue weighted by Crippen LogP contribution is -2.43. The number of hydrogen-bond acceptors (Lipinski definition) is 4. The molecule has 0 aliphatic heterocycles. The molecule has 31 heavy (non-hydrogen) atoms. The molecule has 1 heterocycles. The second kappa shape index (κ2) is 11.1. The van der Waals surface area contributed by atoms with Gasteiger partial charge in [-0.15, -0.1) is 5.54 Å². The molecule has 1 rings (SSSR count). The fourth-order valence-corrected chi connectivity index (χ4v) is 9.78. The minimum Gasteiger partial charge on any atom is -0.309 e. The molecule has 0 aliphatic carbocycles. The summed E-state index contributed by atoms with van der Waals surface area (Å²) < 4.78 is 0.833. The highest BCUT2D eigenvalue weighted by Gasteiger charge is 2.41. The highest BCUT2D eigenvalue weighted by atomic mass is 79.9. The summed E-state index contributed by atoms with van der Waals surface area (Å²) in [5.41, 5.74) is 5.61. The molecule has 0 bridgehead atoms. The molecule has 0 radical (unpaired) electrons. The van der Waals surface area contributed by atoms with Gasteiger partial charge in [0.05, 0.1) is 5.60 Å². The van der Waals surface area contributed by atoms with Gasteiger partial charge in [-0.25, -0.2) is 4.98 Å². The lowest BCUT2D eigenvalue weighted by Gasteiger charge is -2.38. The molecule has 5 nitrogen and oxygen atoms in total. The van der Waals surface area contributed by atoms with E-state index in [0.717, 1.165) is 4.47 Å². The van der Waals surface area contributed by atoms with Gasteiger partial charge in [-0.3, -0.25) is 9.63 Å². The van der Waals surface area contributed by atoms with Crippen LogP contribution in [0.1, 0.15) is 74.9 Å². The summed E-state index contributed by atoms with van der Waals surface area (Å²) in [7, 11) is -0.101. The highest BCUT2D eigenvalue weighted by molar-refractivity contribution is 9.10. The van der Waals surface area contributed by atoms with Gasteiger partial charge in [0.15, 0.2) is 0 Å². The Balaban J connectivity index is 3.16. The molecule has 1 N–H and O–H groups in total. The van der Waals surface area contributed by atoms with Crippen molar-refractivity contribution in [2.24, 2.45) is 0 Å². The van der Waals surface area contributed by atoms with E-state index in [9.17, 15) is 4.79 Å². The number of aromatic nitrogens is 1. The van der Waals surface area contributed by atoms with Crippen LogP contribution in [0.25, 0.3) is 0 Å². The Morgan fingerprint density at radius 2 is 1.61 bits per heavy atom. The molecular formula is C24H40BrN3O2Si. The van der Waals surface area contributed by atoms with Gasteiger partial charge in [0.25, 0.3) is 0 Å². The number of nitrogens with zero attached hydrogens (tertiary/aromatic N) is 2. The van der Waals surface area contributed by atoms with Crippen molar-refractivity contribution in [2.75, 3.05) is 12.4 Å². The summed E-state index contributed by atoms with van der Waals surface area (Å²) in [6, 6.07) is 3.22. The van der Waals surface area contributed by atoms with Crippen LogP contribution in [0.15, 0.2) is 16.6 Å². The van der Waals surface area contributed by atoms with Crippen molar-refractivity contribution in [3.05, 3.63) is 22.3 Å². The quantitative estimate of drug-likeness (QED) is 0.262. The van der Waals surface area contributed by atoms with E-state index in [1.165, 1.54) is 0 Å². The number of pyridine rings is 1. The molecule has 0 saturated heterocycles. The summed E-state index contributed by atoms with van der Waals surface area (Å²) in [5.74, 6) is 3.64. The Labute approximate surface area is 198 Å². The molecule has 0 fully saturated rings. The number of carbonyl (C=O) groups excluding carboxylic acids is 1. The molecule has 174 valence electrons. The zero-order chi connectivity index (χ0) is 24.1. The van der Waals surface area contributed by atoms with Crippen LogP contribution in [-0.4, -0.2) is 42.7 Å². The van der Waals surface area contributed by atoms with E-state index >= 15 is 0 Å². The summed E-state index contributed by atoms with van der Waals surface area (Å²) in [6.07, 6.45) is 0. The number of rotatable bonds is 7. The van der Waals surface area contributed by atoms with Crippen LogP contribution in [0.3, 0.4) is 0 Å². The average Bonchev–Trinajstić information content (AvgIpc) is 2.58. The SMILES string of the molecule is CC(C(=O)Nc1cc(Br)cc(C#C[Si](C(C)C)(C(C)C)C(C)C)n1)N(C)OC(C)(C)C. The van der Waals surface area contributed by atoms with Gasteiger partial charge in [-0.05, 0) is 56.5 Å². The van der Waals surface area contributed by atoms with Crippen LogP contribution in [0.2, 0.25) is 16.6 Å². The number of anilines is 1. The van der Waals surface area contributed by atoms with Crippen LogP contribution in [0.4, 0.5) is 5.82 Å². The molecule has 1 atom stereocenters. The molecule has 1 unspecified atom stereocenters. The number of hydrogen-bond donors (Lipinski definition) is 1. The molecule has 7 heteroatoms. The topological polar surface area (TPSA) is 54.5 Å². The second-order valence-corrected chi connectivity index (χ2v) is 16.6. The number of hydroxylamine groups is 2. The zero-order valence-corrected chi connectivity index (χ0v) is 23.6. The van der Waals surface area contributed by atoms with Crippen LogP contribution in [0.5, 0.6) is 0 Å². The maximum atomic E-state index is 12.7. The van der Waals surface area contributed by atoms with Crippen LogP contribution in [-0.2, 0) is 9.63 Å². The molecule has 0 spiro atoms.